The number of nitrogens with one attached hydrogen (secondary N) is 1. The summed E-state index contributed by atoms with van der Waals surface area (Å²) in [5.41, 5.74) is 0.605. The average molecular weight is 327 g/mol. The zero-order chi connectivity index (χ0) is 16.8. The van der Waals surface area contributed by atoms with Crippen LogP contribution in [-0.4, -0.2) is 33.1 Å². The molecule has 2 N–H and O–H groups in total. The topological polar surface area (TPSA) is 84.3 Å². The van der Waals surface area contributed by atoms with Crippen LogP contribution < -0.4 is 10.1 Å². The molecule has 0 bridgehead atoms. The van der Waals surface area contributed by atoms with E-state index in [0.717, 1.165) is 25.7 Å². The van der Waals surface area contributed by atoms with Gasteiger partial charge < -0.3 is 15.2 Å². The molecule has 0 spiro atoms. The maximum absolute atomic E-state index is 12.2. The minimum atomic E-state index is -1.13. The molecule has 2 aromatic rings. The van der Waals surface area contributed by atoms with E-state index in [1.807, 2.05) is 6.07 Å². The van der Waals surface area contributed by atoms with E-state index in [0.29, 0.717) is 11.6 Å². The van der Waals surface area contributed by atoms with Gasteiger partial charge in [0.1, 0.15) is 6.10 Å². The zero-order valence-corrected chi connectivity index (χ0v) is 13.3. The van der Waals surface area contributed by atoms with Gasteiger partial charge in [-0.2, -0.15) is 0 Å². The highest BCUT2D eigenvalue weighted by Gasteiger charge is 2.26. The Labute approximate surface area is 140 Å². The predicted octanol–water partition coefficient (Wildman–Crippen LogP) is 2.02. The third-order valence-corrected chi connectivity index (χ3v) is 4.20. The van der Waals surface area contributed by atoms with Crippen molar-refractivity contribution < 1.29 is 14.6 Å². The third kappa shape index (κ3) is 4.29. The van der Waals surface area contributed by atoms with Gasteiger partial charge in [-0.3, -0.25) is 4.79 Å². The predicted molar refractivity (Wildman–Crippen MR) is 88.2 cm³/mol. The molecule has 1 saturated carbocycles. The molecule has 3 rings (SSSR count). The van der Waals surface area contributed by atoms with Crippen LogP contribution in [0.5, 0.6) is 6.01 Å². The number of aliphatic hydroxyl groups is 1. The number of amides is 1. The molecular weight excluding hydrogens is 306 g/mol. The fraction of sp³-hybridized carbons (Fsp3) is 0.389. The van der Waals surface area contributed by atoms with E-state index in [1.165, 1.54) is 0 Å². The van der Waals surface area contributed by atoms with Gasteiger partial charge in [0.25, 0.3) is 5.91 Å². The van der Waals surface area contributed by atoms with Gasteiger partial charge in [0.15, 0.2) is 6.10 Å². The van der Waals surface area contributed by atoms with Crippen molar-refractivity contribution in [3.63, 3.8) is 0 Å². The Morgan fingerprint density at radius 2 is 1.75 bits per heavy atom. The van der Waals surface area contributed by atoms with Gasteiger partial charge in [-0.1, -0.05) is 30.3 Å². The number of hydrogen-bond donors (Lipinski definition) is 2. The van der Waals surface area contributed by atoms with Crippen molar-refractivity contribution in [2.45, 2.75) is 43.9 Å². The van der Waals surface area contributed by atoms with Crippen molar-refractivity contribution in [2.24, 2.45) is 0 Å². The first kappa shape index (κ1) is 16.4. The SMILES string of the molecule is O=C(NC1CCC(Oc2ncccn2)CC1)C(O)c1ccccc1. The fourth-order valence-corrected chi connectivity index (χ4v) is 2.89. The molecule has 0 radical (unpaired) electrons. The highest BCUT2D eigenvalue weighted by Crippen LogP contribution is 2.23. The highest BCUT2D eigenvalue weighted by molar-refractivity contribution is 5.82. The van der Waals surface area contributed by atoms with Crippen LogP contribution >= 0.6 is 0 Å². The molecule has 1 aromatic carbocycles. The molecule has 1 fully saturated rings. The summed E-state index contributed by atoms with van der Waals surface area (Å²) >= 11 is 0. The molecule has 6 heteroatoms. The standard InChI is InChI=1S/C18H21N3O3/c22-16(13-5-2-1-3-6-13)17(23)21-14-7-9-15(10-8-14)24-18-19-11-4-12-20-18/h1-6,11-12,14-16,22H,7-10H2,(H,21,23). The first-order chi connectivity index (χ1) is 11.7. The van der Waals surface area contributed by atoms with Crippen LogP contribution in [0.2, 0.25) is 0 Å². The number of rotatable bonds is 5. The Kier molecular flexibility index (Phi) is 5.38. The minimum absolute atomic E-state index is 0.0624. The number of aromatic nitrogens is 2. The van der Waals surface area contributed by atoms with Crippen LogP contribution in [0.3, 0.4) is 0 Å². The summed E-state index contributed by atoms with van der Waals surface area (Å²) in [6, 6.07) is 11.2. The van der Waals surface area contributed by atoms with Crippen LogP contribution in [0, 0.1) is 0 Å². The molecule has 1 aromatic heterocycles. The zero-order valence-electron chi connectivity index (χ0n) is 13.3. The smallest absolute Gasteiger partial charge is 0.316 e. The maximum atomic E-state index is 12.2. The van der Waals surface area contributed by atoms with Crippen LogP contribution in [0.15, 0.2) is 48.8 Å². The largest absolute Gasteiger partial charge is 0.460 e. The Bertz CT molecular complexity index is 643. The second-order valence-corrected chi connectivity index (χ2v) is 5.94. The van der Waals surface area contributed by atoms with E-state index in [4.69, 9.17) is 4.74 Å². The Morgan fingerprint density at radius 1 is 1.08 bits per heavy atom. The van der Waals surface area contributed by atoms with Crippen molar-refractivity contribution in [1.82, 2.24) is 15.3 Å². The van der Waals surface area contributed by atoms with Crippen LogP contribution in [0.1, 0.15) is 37.4 Å². The number of nitrogens with zero attached hydrogens (tertiary/aromatic N) is 2. The lowest BCUT2D eigenvalue weighted by atomic mass is 9.92. The molecular formula is C18H21N3O3. The van der Waals surface area contributed by atoms with E-state index in [9.17, 15) is 9.90 Å². The summed E-state index contributed by atoms with van der Waals surface area (Å²) in [6.45, 7) is 0. The van der Waals surface area contributed by atoms with E-state index in [2.05, 4.69) is 15.3 Å². The normalized spacial score (nSPS) is 21.7. The second-order valence-electron chi connectivity index (χ2n) is 5.94. The van der Waals surface area contributed by atoms with Crippen molar-refractivity contribution in [1.29, 1.82) is 0 Å². The molecule has 1 aliphatic carbocycles. The van der Waals surface area contributed by atoms with Gasteiger partial charge in [0.2, 0.25) is 0 Å². The average Bonchev–Trinajstić information content (AvgIpc) is 2.64. The number of aliphatic hydroxyl groups excluding tert-OH is 1. The first-order valence-corrected chi connectivity index (χ1v) is 8.19. The maximum Gasteiger partial charge on any atom is 0.316 e. The van der Waals surface area contributed by atoms with Crippen molar-refractivity contribution in [2.75, 3.05) is 0 Å². The number of ether oxygens (including phenoxy) is 1. The first-order valence-electron chi connectivity index (χ1n) is 8.19. The molecule has 1 aliphatic rings. The summed E-state index contributed by atoms with van der Waals surface area (Å²) in [5.74, 6) is -0.350. The number of hydrogen-bond acceptors (Lipinski definition) is 5. The quantitative estimate of drug-likeness (QED) is 0.877. The van der Waals surface area contributed by atoms with E-state index >= 15 is 0 Å². The Hall–Kier alpha value is -2.47. The van der Waals surface area contributed by atoms with Gasteiger partial charge in [-0.25, -0.2) is 9.97 Å². The van der Waals surface area contributed by atoms with Crippen LogP contribution in [-0.2, 0) is 4.79 Å². The Morgan fingerprint density at radius 3 is 2.42 bits per heavy atom. The molecule has 24 heavy (non-hydrogen) atoms. The van der Waals surface area contributed by atoms with E-state index in [1.54, 1.807) is 42.7 Å². The molecule has 6 nitrogen and oxygen atoms in total. The van der Waals surface area contributed by atoms with Crippen LogP contribution in [0.25, 0.3) is 0 Å². The number of carbonyl (C=O) groups is 1. The van der Waals surface area contributed by atoms with Gasteiger partial charge >= 0.3 is 6.01 Å². The lowest BCUT2D eigenvalue weighted by Gasteiger charge is -2.29. The second kappa shape index (κ2) is 7.88. The van der Waals surface area contributed by atoms with Gasteiger partial charge in [-0.15, -0.1) is 0 Å². The number of benzene rings is 1. The lowest BCUT2D eigenvalue weighted by molar-refractivity contribution is -0.130. The fourth-order valence-electron chi connectivity index (χ4n) is 2.89. The van der Waals surface area contributed by atoms with E-state index in [-0.39, 0.29) is 18.1 Å². The van der Waals surface area contributed by atoms with Crippen molar-refractivity contribution in [3.05, 3.63) is 54.4 Å². The molecule has 1 amide bonds. The summed E-state index contributed by atoms with van der Waals surface area (Å²) < 4.78 is 5.74. The monoisotopic (exact) mass is 327 g/mol. The van der Waals surface area contributed by atoms with Gasteiger partial charge in [-0.05, 0) is 37.3 Å². The highest BCUT2D eigenvalue weighted by atomic mass is 16.5. The molecule has 1 atom stereocenters. The Balaban J connectivity index is 1.46. The lowest BCUT2D eigenvalue weighted by Crippen LogP contribution is -2.41. The third-order valence-electron chi connectivity index (χ3n) is 4.20. The molecule has 0 aliphatic heterocycles. The number of carbonyl (C=O) groups excluding carboxylic acids is 1. The molecule has 126 valence electrons. The summed E-state index contributed by atoms with van der Waals surface area (Å²) in [7, 11) is 0. The minimum Gasteiger partial charge on any atom is -0.460 e. The molecule has 1 heterocycles. The molecule has 1 unspecified atom stereocenters. The van der Waals surface area contributed by atoms with Crippen molar-refractivity contribution >= 4 is 5.91 Å². The summed E-state index contributed by atoms with van der Waals surface area (Å²) in [4.78, 5) is 20.3. The molecule has 0 saturated heterocycles. The van der Waals surface area contributed by atoms with Gasteiger partial charge in [0, 0.05) is 18.4 Å². The van der Waals surface area contributed by atoms with Gasteiger partial charge in [0.05, 0.1) is 0 Å². The van der Waals surface area contributed by atoms with Crippen molar-refractivity contribution in [3.8, 4) is 6.01 Å². The van der Waals surface area contributed by atoms with Crippen LogP contribution in [0.4, 0.5) is 0 Å². The summed E-state index contributed by atoms with van der Waals surface area (Å²) in [5, 5.41) is 13.0. The summed E-state index contributed by atoms with van der Waals surface area (Å²) in [6.07, 6.45) is 5.51. The van der Waals surface area contributed by atoms with E-state index < -0.39 is 6.10 Å².